The molecule has 1 aliphatic rings. The average Bonchev–Trinajstić information content (AvgIpc) is 3.24. The molecule has 0 unspecified atom stereocenters. The first kappa shape index (κ1) is 15.2. The summed E-state index contributed by atoms with van der Waals surface area (Å²) in [6.45, 7) is 6.45. The third-order valence-corrected chi connectivity index (χ3v) is 4.66. The lowest BCUT2D eigenvalue weighted by atomic mass is 9.91. The second kappa shape index (κ2) is 7.05. The summed E-state index contributed by atoms with van der Waals surface area (Å²) in [4.78, 5) is 7.00. The van der Waals surface area contributed by atoms with Crippen LogP contribution in [-0.2, 0) is 6.42 Å². The quantitative estimate of drug-likeness (QED) is 0.888. The number of piperidine rings is 1. The Hall–Kier alpha value is -1.69. The van der Waals surface area contributed by atoms with Crippen LogP contribution in [0.4, 0.5) is 0 Å². The van der Waals surface area contributed by atoms with Gasteiger partial charge in [-0.15, -0.1) is 0 Å². The number of hydrogen-bond donors (Lipinski definition) is 1. The topological polar surface area (TPSA) is 70.8 Å². The van der Waals surface area contributed by atoms with Crippen LogP contribution in [-0.4, -0.2) is 38.3 Å². The SMILES string of the molecule is CCCCc1noc([C@H](C)N2CCC(c3cn[nH]c3)CC2)n1. The molecule has 1 N–H and O–H groups in total. The van der Waals surface area contributed by atoms with Gasteiger partial charge in [0.2, 0.25) is 5.89 Å². The van der Waals surface area contributed by atoms with Crippen LogP contribution in [0.3, 0.4) is 0 Å². The highest BCUT2D eigenvalue weighted by Gasteiger charge is 2.27. The van der Waals surface area contributed by atoms with Gasteiger partial charge in [-0.2, -0.15) is 10.1 Å². The summed E-state index contributed by atoms with van der Waals surface area (Å²) in [5.74, 6) is 2.22. The first-order chi connectivity index (χ1) is 10.8. The minimum Gasteiger partial charge on any atom is -0.338 e. The van der Waals surface area contributed by atoms with Crippen LogP contribution in [0.15, 0.2) is 16.9 Å². The normalized spacial score (nSPS) is 18.6. The van der Waals surface area contributed by atoms with E-state index < -0.39 is 0 Å². The Labute approximate surface area is 131 Å². The highest BCUT2D eigenvalue weighted by molar-refractivity contribution is 5.11. The number of rotatable bonds is 6. The molecule has 1 fully saturated rings. The number of hydrogen-bond acceptors (Lipinski definition) is 5. The lowest BCUT2D eigenvalue weighted by molar-refractivity contribution is 0.136. The van der Waals surface area contributed by atoms with Crippen molar-refractivity contribution in [2.75, 3.05) is 13.1 Å². The van der Waals surface area contributed by atoms with Crippen molar-refractivity contribution in [3.8, 4) is 0 Å². The zero-order valence-electron chi connectivity index (χ0n) is 13.5. The Morgan fingerprint density at radius 3 is 2.91 bits per heavy atom. The van der Waals surface area contributed by atoms with Crippen LogP contribution in [0, 0.1) is 0 Å². The maximum Gasteiger partial charge on any atom is 0.243 e. The van der Waals surface area contributed by atoms with Gasteiger partial charge in [0.05, 0.1) is 12.2 Å². The number of aryl methyl sites for hydroxylation is 1. The molecule has 2 aromatic heterocycles. The van der Waals surface area contributed by atoms with Crippen molar-refractivity contribution in [1.29, 1.82) is 0 Å². The van der Waals surface area contributed by atoms with E-state index in [9.17, 15) is 0 Å². The van der Waals surface area contributed by atoms with E-state index in [1.807, 2.05) is 12.4 Å². The summed E-state index contributed by atoms with van der Waals surface area (Å²) in [6.07, 6.45) is 9.45. The molecule has 0 saturated carbocycles. The third-order valence-electron chi connectivity index (χ3n) is 4.66. The van der Waals surface area contributed by atoms with Gasteiger partial charge >= 0.3 is 0 Å². The van der Waals surface area contributed by atoms with Gasteiger partial charge < -0.3 is 4.52 Å². The molecular weight excluding hydrogens is 278 g/mol. The van der Waals surface area contributed by atoms with Gasteiger partial charge in [0, 0.05) is 12.6 Å². The molecule has 0 radical (unpaired) electrons. The maximum atomic E-state index is 5.46. The average molecular weight is 303 g/mol. The summed E-state index contributed by atoms with van der Waals surface area (Å²) in [5.41, 5.74) is 1.33. The number of aromatic nitrogens is 4. The molecule has 0 amide bonds. The van der Waals surface area contributed by atoms with E-state index >= 15 is 0 Å². The lowest BCUT2D eigenvalue weighted by Gasteiger charge is -2.34. The number of H-pyrrole nitrogens is 1. The van der Waals surface area contributed by atoms with Gasteiger partial charge in [0.1, 0.15) is 0 Å². The van der Waals surface area contributed by atoms with E-state index in [4.69, 9.17) is 4.52 Å². The van der Waals surface area contributed by atoms with Crippen molar-refractivity contribution in [3.05, 3.63) is 29.7 Å². The van der Waals surface area contributed by atoms with E-state index in [0.29, 0.717) is 5.92 Å². The number of aromatic amines is 1. The van der Waals surface area contributed by atoms with Gasteiger partial charge in [-0.25, -0.2) is 0 Å². The number of nitrogens with one attached hydrogen (secondary N) is 1. The summed E-state index contributed by atoms with van der Waals surface area (Å²) < 4.78 is 5.46. The van der Waals surface area contributed by atoms with Gasteiger partial charge in [0.15, 0.2) is 5.82 Å². The third kappa shape index (κ3) is 3.38. The lowest BCUT2D eigenvalue weighted by Crippen LogP contribution is -2.35. The van der Waals surface area contributed by atoms with Gasteiger partial charge in [-0.05, 0) is 50.8 Å². The maximum absolute atomic E-state index is 5.46. The number of unbranched alkanes of at least 4 members (excludes halogenated alkanes) is 1. The second-order valence-corrected chi connectivity index (χ2v) is 6.17. The van der Waals surface area contributed by atoms with Crippen LogP contribution >= 0.6 is 0 Å². The summed E-state index contributed by atoms with van der Waals surface area (Å²) in [5, 5.41) is 11.1. The molecule has 2 aromatic rings. The van der Waals surface area contributed by atoms with Crippen molar-refractivity contribution in [1.82, 2.24) is 25.2 Å². The van der Waals surface area contributed by atoms with E-state index in [2.05, 4.69) is 39.1 Å². The summed E-state index contributed by atoms with van der Waals surface area (Å²) in [7, 11) is 0. The fraction of sp³-hybridized carbons (Fsp3) is 0.688. The van der Waals surface area contributed by atoms with E-state index in [1.54, 1.807) is 0 Å². The van der Waals surface area contributed by atoms with Crippen molar-refractivity contribution < 1.29 is 4.52 Å². The van der Waals surface area contributed by atoms with Gasteiger partial charge in [-0.3, -0.25) is 10.00 Å². The van der Waals surface area contributed by atoms with Crippen LogP contribution in [0.5, 0.6) is 0 Å². The Morgan fingerprint density at radius 1 is 1.41 bits per heavy atom. The fourth-order valence-electron chi connectivity index (χ4n) is 3.13. The van der Waals surface area contributed by atoms with Crippen LogP contribution in [0.2, 0.25) is 0 Å². The van der Waals surface area contributed by atoms with Crippen molar-refractivity contribution in [2.24, 2.45) is 0 Å². The minimum absolute atomic E-state index is 0.202. The Morgan fingerprint density at radius 2 is 2.23 bits per heavy atom. The molecule has 1 saturated heterocycles. The van der Waals surface area contributed by atoms with Crippen molar-refractivity contribution in [3.63, 3.8) is 0 Å². The number of likely N-dealkylation sites (tertiary alicyclic amines) is 1. The highest BCUT2D eigenvalue weighted by Crippen LogP contribution is 2.31. The zero-order valence-corrected chi connectivity index (χ0v) is 13.5. The largest absolute Gasteiger partial charge is 0.338 e. The van der Waals surface area contributed by atoms with Crippen LogP contribution in [0.25, 0.3) is 0 Å². The molecule has 22 heavy (non-hydrogen) atoms. The summed E-state index contributed by atoms with van der Waals surface area (Å²) in [6, 6.07) is 0.202. The Bertz CT molecular complexity index is 557. The Balaban J connectivity index is 1.55. The molecule has 0 aromatic carbocycles. The smallest absolute Gasteiger partial charge is 0.243 e. The standard InChI is InChI=1S/C16H25N5O/c1-3-4-5-15-19-16(22-20-15)12(2)21-8-6-13(7-9-21)14-10-17-18-11-14/h10-13H,3-9H2,1-2H3,(H,17,18)/t12-/m0/s1. The molecule has 6 nitrogen and oxygen atoms in total. The fourth-order valence-corrected chi connectivity index (χ4v) is 3.13. The van der Waals surface area contributed by atoms with E-state index in [0.717, 1.165) is 56.9 Å². The number of nitrogens with zero attached hydrogens (tertiary/aromatic N) is 4. The van der Waals surface area contributed by atoms with Crippen LogP contribution < -0.4 is 0 Å². The first-order valence-corrected chi connectivity index (χ1v) is 8.33. The molecule has 0 aliphatic carbocycles. The molecule has 3 heterocycles. The molecule has 0 bridgehead atoms. The molecule has 0 spiro atoms. The van der Waals surface area contributed by atoms with Crippen molar-refractivity contribution in [2.45, 2.75) is 57.9 Å². The molecule has 120 valence electrons. The minimum atomic E-state index is 0.202. The van der Waals surface area contributed by atoms with E-state index in [1.165, 1.54) is 5.56 Å². The predicted octanol–water partition coefficient (Wildman–Crippen LogP) is 3.08. The molecule has 1 aliphatic heterocycles. The second-order valence-electron chi connectivity index (χ2n) is 6.17. The molecule has 3 rings (SSSR count). The van der Waals surface area contributed by atoms with Gasteiger partial charge in [0.25, 0.3) is 0 Å². The molecular formula is C16H25N5O. The summed E-state index contributed by atoms with van der Waals surface area (Å²) >= 11 is 0. The molecule has 1 atom stereocenters. The predicted molar refractivity (Wildman–Crippen MR) is 83.5 cm³/mol. The monoisotopic (exact) mass is 303 g/mol. The Kier molecular flexibility index (Phi) is 4.87. The van der Waals surface area contributed by atoms with Crippen molar-refractivity contribution >= 4 is 0 Å². The van der Waals surface area contributed by atoms with Crippen LogP contribution in [0.1, 0.15) is 68.8 Å². The van der Waals surface area contributed by atoms with E-state index in [-0.39, 0.29) is 6.04 Å². The zero-order chi connectivity index (χ0) is 15.4. The first-order valence-electron chi connectivity index (χ1n) is 8.33. The molecule has 6 heteroatoms. The highest BCUT2D eigenvalue weighted by atomic mass is 16.5. The van der Waals surface area contributed by atoms with Gasteiger partial charge in [-0.1, -0.05) is 18.5 Å².